The van der Waals surface area contributed by atoms with Gasteiger partial charge in [0.15, 0.2) is 0 Å². The van der Waals surface area contributed by atoms with Crippen LogP contribution in [-0.4, -0.2) is 39.7 Å². The van der Waals surface area contributed by atoms with Gasteiger partial charge in [0.25, 0.3) is 0 Å². The van der Waals surface area contributed by atoms with Crippen LogP contribution >= 0.6 is 0 Å². The van der Waals surface area contributed by atoms with E-state index in [-0.39, 0.29) is 0 Å². The maximum absolute atomic E-state index is 10.4. The number of likely N-dealkylation sites (N-methyl/N-ethyl adjacent to an activating group) is 1. The van der Waals surface area contributed by atoms with E-state index in [4.69, 9.17) is 0 Å². The number of aromatic nitrogens is 2. The van der Waals surface area contributed by atoms with Crippen LogP contribution in [0.5, 0.6) is 0 Å². The van der Waals surface area contributed by atoms with Crippen molar-refractivity contribution in [1.82, 2.24) is 14.5 Å². The molecule has 1 N–H and O–H groups in total. The molecule has 2 heterocycles. The summed E-state index contributed by atoms with van der Waals surface area (Å²) in [5.41, 5.74) is 2.22. The summed E-state index contributed by atoms with van der Waals surface area (Å²) in [5, 5.41) is 10.4. The number of rotatable bonds is 5. The highest BCUT2D eigenvalue weighted by Crippen LogP contribution is 2.21. The van der Waals surface area contributed by atoms with Crippen molar-refractivity contribution in [1.29, 1.82) is 0 Å². The fourth-order valence-electron chi connectivity index (χ4n) is 3.29. The van der Waals surface area contributed by atoms with Crippen LogP contribution in [0.4, 0.5) is 0 Å². The smallest absolute Gasteiger partial charge is 0.108 e. The summed E-state index contributed by atoms with van der Waals surface area (Å²) >= 11 is 0. The van der Waals surface area contributed by atoms with Crippen LogP contribution in [0.1, 0.15) is 29.5 Å². The van der Waals surface area contributed by atoms with Gasteiger partial charge in [0.2, 0.25) is 0 Å². The van der Waals surface area contributed by atoms with Crippen molar-refractivity contribution < 1.29 is 5.11 Å². The number of hydrogen-bond donors (Lipinski definition) is 1. The van der Waals surface area contributed by atoms with E-state index in [1.165, 1.54) is 17.8 Å². The summed E-state index contributed by atoms with van der Waals surface area (Å²) in [7, 11) is 2.10. The van der Waals surface area contributed by atoms with Gasteiger partial charge in [-0.1, -0.05) is 29.8 Å². The van der Waals surface area contributed by atoms with Gasteiger partial charge in [-0.05, 0) is 31.9 Å². The second-order valence-corrected chi connectivity index (χ2v) is 6.55. The molecule has 0 amide bonds. The third kappa shape index (κ3) is 3.57. The van der Waals surface area contributed by atoms with Crippen LogP contribution in [0.3, 0.4) is 0 Å². The number of nitrogens with zero attached hydrogens (tertiary/aromatic N) is 3. The molecule has 0 bridgehead atoms. The molecule has 4 heteroatoms. The van der Waals surface area contributed by atoms with Crippen molar-refractivity contribution in [2.24, 2.45) is 5.92 Å². The van der Waals surface area contributed by atoms with E-state index in [1.54, 1.807) is 0 Å². The Kier molecular flexibility index (Phi) is 4.60. The molecule has 3 rings (SSSR count). The lowest BCUT2D eigenvalue weighted by Crippen LogP contribution is -2.33. The summed E-state index contributed by atoms with van der Waals surface area (Å²) in [6, 6.07) is 8.15. The summed E-state index contributed by atoms with van der Waals surface area (Å²) < 4.78 is 2.26. The summed E-state index contributed by atoms with van der Waals surface area (Å²) in [6.07, 6.45) is 5.79. The van der Waals surface area contributed by atoms with Crippen molar-refractivity contribution in [3.8, 4) is 0 Å². The van der Waals surface area contributed by atoms with Crippen molar-refractivity contribution in [3.05, 3.63) is 53.6 Å². The molecule has 2 aromatic rings. The van der Waals surface area contributed by atoms with Gasteiger partial charge in [0.1, 0.15) is 5.82 Å². The first-order valence-electron chi connectivity index (χ1n) is 8.05. The Morgan fingerprint density at radius 1 is 1.36 bits per heavy atom. The van der Waals surface area contributed by atoms with Crippen molar-refractivity contribution in [3.63, 3.8) is 0 Å². The fraction of sp³-hybridized carbons (Fsp3) is 0.500. The molecule has 118 valence electrons. The minimum Gasteiger partial charge on any atom is -0.387 e. The molecule has 0 radical (unpaired) electrons. The second-order valence-electron chi connectivity index (χ2n) is 6.55. The topological polar surface area (TPSA) is 41.3 Å². The predicted molar refractivity (Wildman–Crippen MR) is 87.7 cm³/mol. The molecule has 0 unspecified atom stereocenters. The Morgan fingerprint density at radius 3 is 2.91 bits per heavy atom. The fourth-order valence-corrected chi connectivity index (χ4v) is 3.29. The molecule has 0 aliphatic carbocycles. The number of aliphatic hydroxyl groups is 1. The van der Waals surface area contributed by atoms with Gasteiger partial charge in [-0.2, -0.15) is 0 Å². The van der Waals surface area contributed by atoms with E-state index in [2.05, 4.69) is 46.8 Å². The zero-order chi connectivity index (χ0) is 15.5. The van der Waals surface area contributed by atoms with E-state index < -0.39 is 6.10 Å². The van der Waals surface area contributed by atoms with Gasteiger partial charge in [0.05, 0.1) is 6.10 Å². The predicted octanol–water partition coefficient (Wildman–Crippen LogP) is 2.42. The molecule has 4 nitrogen and oxygen atoms in total. The first-order valence-corrected chi connectivity index (χ1v) is 8.05. The molecule has 2 atom stereocenters. The molecule has 1 aromatic heterocycles. The summed E-state index contributed by atoms with van der Waals surface area (Å²) in [6.45, 7) is 4.80. The minimum absolute atomic E-state index is 0.419. The van der Waals surface area contributed by atoms with Gasteiger partial charge in [-0.15, -0.1) is 0 Å². The summed E-state index contributed by atoms with van der Waals surface area (Å²) in [4.78, 5) is 6.62. The molecule has 22 heavy (non-hydrogen) atoms. The van der Waals surface area contributed by atoms with E-state index >= 15 is 0 Å². The molecule has 0 spiro atoms. The lowest BCUT2D eigenvalue weighted by Gasteiger charge is -2.29. The number of aliphatic hydroxyl groups excluding tert-OH is 1. The first kappa shape index (κ1) is 15.3. The molecule has 1 aliphatic heterocycles. The van der Waals surface area contributed by atoms with Crippen LogP contribution in [0.25, 0.3) is 0 Å². The third-order valence-corrected chi connectivity index (χ3v) is 4.55. The minimum atomic E-state index is -0.419. The van der Waals surface area contributed by atoms with Crippen LogP contribution in [0.15, 0.2) is 36.7 Å². The number of benzene rings is 1. The van der Waals surface area contributed by atoms with Gasteiger partial charge in [-0.25, -0.2) is 4.98 Å². The highest BCUT2D eigenvalue weighted by atomic mass is 16.3. The zero-order valence-electron chi connectivity index (χ0n) is 13.4. The quantitative estimate of drug-likeness (QED) is 0.922. The molecule has 0 fully saturated rings. The van der Waals surface area contributed by atoms with Gasteiger partial charge in [0, 0.05) is 38.4 Å². The average Bonchev–Trinajstić information content (AvgIpc) is 2.95. The van der Waals surface area contributed by atoms with Crippen molar-refractivity contribution in [2.45, 2.75) is 32.4 Å². The summed E-state index contributed by atoms with van der Waals surface area (Å²) in [5.74, 6) is 1.84. The van der Waals surface area contributed by atoms with Crippen molar-refractivity contribution in [2.75, 3.05) is 20.1 Å². The number of imidazole rings is 1. The van der Waals surface area contributed by atoms with E-state index in [0.717, 1.165) is 25.1 Å². The highest BCUT2D eigenvalue weighted by molar-refractivity contribution is 5.23. The lowest BCUT2D eigenvalue weighted by molar-refractivity contribution is 0.113. The zero-order valence-corrected chi connectivity index (χ0v) is 13.4. The SMILES string of the molecule is Cc1ccc([C@@H](O)CN(C)C[C@@H]2CCc3nccn3C2)cc1. The van der Waals surface area contributed by atoms with Crippen LogP contribution < -0.4 is 0 Å². The number of aryl methyl sites for hydroxylation is 2. The number of hydrogen-bond acceptors (Lipinski definition) is 3. The Bertz CT molecular complexity index is 605. The molecule has 1 aromatic carbocycles. The first-order chi connectivity index (χ1) is 10.6. The van der Waals surface area contributed by atoms with Crippen LogP contribution in [0, 0.1) is 12.8 Å². The Morgan fingerprint density at radius 2 is 2.14 bits per heavy atom. The van der Waals surface area contributed by atoms with Crippen molar-refractivity contribution >= 4 is 0 Å². The second kappa shape index (κ2) is 6.63. The van der Waals surface area contributed by atoms with E-state index in [1.807, 2.05) is 18.3 Å². The van der Waals surface area contributed by atoms with Crippen LogP contribution in [-0.2, 0) is 13.0 Å². The lowest BCUT2D eigenvalue weighted by atomic mass is 9.98. The molecule has 1 aliphatic rings. The Balaban J connectivity index is 1.52. The molecule has 0 saturated carbocycles. The molecular weight excluding hydrogens is 274 g/mol. The number of fused-ring (bicyclic) bond motifs is 1. The molecule has 0 saturated heterocycles. The van der Waals surface area contributed by atoms with Gasteiger partial charge < -0.3 is 14.6 Å². The molecular formula is C18H25N3O. The van der Waals surface area contributed by atoms with E-state index in [9.17, 15) is 5.11 Å². The normalized spacial score (nSPS) is 19.2. The Hall–Kier alpha value is -1.65. The average molecular weight is 299 g/mol. The maximum atomic E-state index is 10.4. The highest BCUT2D eigenvalue weighted by Gasteiger charge is 2.21. The standard InChI is InChI=1S/C18H25N3O/c1-14-3-6-16(7-4-14)17(22)13-20(2)11-15-5-8-18-19-9-10-21(18)12-15/h3-4,6-7,9-10,15,17,22H,5,8,11-13H2,1-2H3/t15-,17-/m0/s1. The van der Waals surface area contributed by atoms with Gasteiger partial charge >= 0.3 is 0 Å². The largest absolute Gasteiger partial charge is 0.387 e. The Labute approximate surface area is 132 Å². The third-order valence-electron chi connectivity index (χ3n) is 4.55. The monoisotopic (exact) mass is 299 g/mol. The van der Waals surface area contributed by atoms with Gasteiger partial charge in [-0.3, -0.25) is 0 Å². The van der Waals surface area contributed by atoms with Crippen LogP contribution in [0.2, 0.25) is 0 Å². The van der Waals surface area contributed by atoms with E-state index in [0.29, 0.717) is 12.5 Å². The maximum Gasteiger partial charge on any atom is 0.108 e.